The molecule has 3 aromatic rings. The average Bonchev–Trinajstić information content (AvgIpc) is 3.05. The minimum atomic E-state index is -5.00. The maximum atomic E-state index is 14.3. The summed E-state index contributed by atoms with van der Waals surface area (Å²) in [4.78, 5) is 28.8. The van der Waals surface area contributed by atoms with Gasteiger partial charge in [0, 0.05) is 34.8 Å². The van der Waals surface area contributed by atoms with Gasteiger partial charge >= 0.3 is 6.18 Å². The van der Waals surface area contributed by atoms with Gasteiger partial charge in [0.25, 0.3) is 5.91 Å². The van der Waals surface area contributed by atoms with Crippen molar-refractivity contribution < 1.29 is 27.9 Å². The molecule has 4 rings (SSSR count). The van der Waals surface area contributed by atoms with Crippen molar-refractivity contribution in [2.45, 2.75) is 25.6 Å². The van der Waals surface area contributed by atoms with E-state index in [4.69, 9.17) is 17.3 Å². The van der Waals surface area contributed by atoms with E-state index in [-0.39, 0.29) is 22.8 Å². The first kappa shape index (κ1) is 25.9. The number of nitrogens with zero attached hydrogens (tertiary/aromatic N) is 2. The number of carbonyl (C=O) groups excluding carboxylic acids is 2. The third kappa shape index (κ3) is 4.21. The Morgan fingerprint density at radius 3 is 2.28 bits per heavy atom. The number of rotatable bonds is 7. The molecule has 10 heteroatoms. The van der Waals surface area contributed by atoms with Gasteiger partial charge in [-0.25, -0.2) is 0 Å². The lowest BCUT2D eigenvalue weighted by atomic mass is 9.83. The number of anilines is 1. The number of benzene rings is 3. The second kappa shape index (κ2) is 9.38. The van der Waals surface area contributed by atoms with E-state index in [1.807, 2.05) is 18.7 Å². The number of amides is 2. The highest BCUT2D eigenvalue weighted by Gasteiger charge is 2.56. The van der Waals surface area contributed by atoms with Gasteiger partial charge in [-0.3, -0.25) is 9.59 Å². The zero-order valence-electron chi connectivity index (χ0n) is 19.7. The van der Waals surface area contributed by atoms with Crippen molar-refractivity contribution in [1.82, 2.24) is 4.90 Å². The molecule has 0 bridgehead atoms. The summed E-state index contributed by atoms with van der Waals surface area (Å²) in [5, 5.41) is 13.2. The first-order valence-corrected chi connectivity index (χ1v) is 11.8. The van der Waals surface area contributed by atoms with Gasteiger partial charge in [-0.1, -0.05) is 49.7 Å². The molecular weight excluding hydrogens is 495 g/mol. The van der Waals surface area contributed by atoms with Crippen molar-refractivity contribution in [1.29, 1.82) is 0 Å². The standard InChI is InChI=1S/C26H25ClF3N3O3/c1-3-32(4-2)9-10-33-21-14-17(23(31)34)12-19(26(28,29)30)22(21)25(36,24(33)35)18-11-15-7-5-6-8-16(15)13-20(18)27/h5-8,11-14,36H,3-4,9-10H2,1-2H3,(H2,31,34)/t25-/m1/s1. The van der Waals surface area contributed by atoms with E-state index in [2.05, 4.69) is 0 Å². The molecule has 0 aliphatic carbocycles. The topological polar surface area (TPSA) is 86.9 Å². The van der Waals surface area contributed by atoms with E-state index < -0.39 is 40.3 Å². The Kier molecular flexibility index (Phi) is 6.76. The van der Waals surface area contributed by atoms with Crippen LogP contribution in [-0.4, -0.2) is 48.0 Å². The largest absolute Gasteiger partial charge is 0.416 e. The molecule has 0 spiro atoms. The maximum Gasteiger partial charge on any atom is 0.416 e. The molecule has 1 heterocycles. The normalized spacial score (nSPS) is 17.8. The first-order valence-electron chi connectivity index (χ1n) is 11.4. The van der Waals surface area contributed by atoms with Crippen LogP contribution >= 0.6 is 11.6 Å². The minimum Gasteiger partial charge on any atom is -0.372 e. The van der Waals surface area contributed by atoms with E-state index in [9.17, 15) is 27.9 Å². The van der Waals surface area contributed by atoms with E-state index in [0.29, 0.717) is 36.5 Å². The number of primary amides is 1. The molecule has 0 saturated heterocycles. The Hall–Kier alpha value is -3.14. The molecule has 1 aliphatic heterocycles. The van der Waals surface area contributed by atoms with Gasteiger partial charge < -0.3 is 20.6 Å². The molecule has 0 radical (unpaired) electrons. The number of hydrogen-bond donors (Lipinski definition) is 2. The summed E-state index contributed by atoms with van der Waals surface area (Å²) in [5.41, 5.74) is -0.202. The summed E-state index contributed by atoms with van der Waals surface area (Å²) in [6.45, 7) is 5.47. The van der Waals surface area contributed by atoms with E-state index in [0.717, 1.165) is 11.0 Å². The van der Waals surface area contributed by atoms with Gasteiger partial charge in [0.15, 0.2) is 5.60 Å². The van der Waals surface area contributed by atoms with Crippen molar-refractivity contribution >= 4 is 39.9 Å². The van der Waals surface area contributed by atoms with Crippen LogP contribution in [0.5, 0.6) is 0 Å². The van der Waals surface area contributed by atoms with Crippen LogP contribution in [0.2, 0.25) is 5.02 Å². The molecule has 36 heavy (non-hydrogen) atoms. The lowest BCUT2D eigenvalue weighted by Gasteiger charge is -2.27. The van der Waals surface area contributed by atoms with Crippen molar-refractivity contribution in [3.05, 3.63) is 75.8 Å². The number of hydrogen-bond acceptors (Lipinski definition) is 4. The number of halogens is 4. The molecule has 3 aromatic carbocycles. The predicted octanol–water partition coefficient (Wildman–Crippen LogP) is 4.54. The molecule has 190 valence electrons. The highest BCUT2D eigenvalue weighted by atomic mass is 35.5. The fourth-order valence-corrected chi connectivity index (χ4v) is 5.05. The molecule has 3 N–H and O–H groups in total. The third-order valence-electron chi connectivity index (χ3n) is 6.67. The summed E-state index contributed by atoms with van der Waals surface area (Å²) in [5.74, 6) is -2.06. The van der Waals surface area contributed by atoms with E-state index >= 15 is 0 Å². The Morgan fingerprint density at radius 1 is 1.11 bits per heavy atom. The van der Waals surface area contributed by atoms with Gasteiger partial charge in [0.05, 0.1) is 11.3 Å². The second-order valence-electron chi connectivity index (χ2n) is 8.65. The second-order valence-corrected chi connectivity index (χ2v) is 9.06. The monoisotopic (exact) mass is 519 g/mol. The highest BCUT2D eigenvalue weighted by molar-refractivity contribution is 6.33. The molecule has 6 nitrogen and oxygen atoms in total. The zero-order valence-corrected chi connectivity index (χ0v) is 20.5. The van der Waals surface area contributed by atoms with Crippen molar-refractivity contribution in [2.75, 3.05) is 31.1 Å². The van der Waals surface area contributed by atoms with Gasteiger partial charge in [-0.05, 0) is 48.1 Å². The van der Waals surface area contributed by atoms with Crippen LogP contribution in [-0.2, 0) is 16.6 Å². The fourth-order valence-electron chi connectivity index (χ4n) is 4.74. The minimum absolute atomic E-state index is 0.0134. The van der Waals surface area contributed by atoms with Crippen LogP contribution in [0.15, 0.2) is 48.5 Å². The molecule has 0 saturated carbocycles. The number of nitrogens with two attached hydrogens (primary N) is 1. The Labute approximate surface area is 211 Å². The van der Waals surface area contributed by atoms with Crippen molar-refractivity contribution in [3.63, 3.8) is 0 Å². The van der Waals surface area contributed by atoms with Crippen molar-refractivity contribution in [3.8, 4) is 0 Å². The van der Waals surface area contributed by atoms with Gasteiger partial charge in [-0.2, -0.15) is 13.2 Å². The molecular formula is C26H25ClF3N3O3. The lowest BCUT2D eigenvalue weighted by molar-refractivity contribution is -0.142. The number of alkyl halides is 3. The van der Waals surface area contributed by atoms with E-state index in [1.165, 1.54) is 12.1 Å². The quantitative estimate of drug-likeness (QED) is 0.480. The Balaban J connectivity index is 2.02. The molecule has 0 aromatic heterocycles. The fraction of sp³-hybridized carbons (Fsp3) is 0.308. The van der Waals surface area contributed by atoms with Crippen LogP contribution < -0.4 is 10.6 Å². The van der Waals surface area contributed by atoms with E-state index in [1.54, 1.807) is 24.3 Å². The van der Waals surface area contributed by atoms with Crippen LogP contribution in [0.1, 0.15) is 40.9 Å². The van der Waals surface area contributed by atoms with Gasteiger partial charge in [0.2, 0.25) is 5.91 Å². The first-order chi connectivity index (χ1) is 16.9. The molecule has 1 atom stereocenters. The summed E-state index contributed by atoms with van der Waals surface area (Å²) in [6, 6.07) is 11.6. The predicted molar refractivity (Wildman–Crippen MR) is 132 cm³/mol. The van der Waals surface area contributed by atoms with Gasteiger partial charge in [-0.15, -0.1) is 0 Å². The summed E-state index contributed by atoms with van der Waals surface area (Å²) in [6.07, 6.45) is -5.00. The number of carbonyl (C=O) groups is 2. The van der Waals surface area contributed by atoms with Crippen LogP contribution in [0, 0.1) is 0 Å². The smallest absolute Gasteiger partial charge is 0.372 e. The summed E-state index contributed by atoms with van der Waals surface area (Å²) < 4.78 is 43.0. The zero-order chi connectivity index (χ0) is 26.4. The molecule has 2 amide bonds. The van der Waals surface area contributed by atoms with Crippen LogP contribution in [0.25, 0.3) is 10.8 Å². The Bertz CT molecular complexity index is 1360. The molecule has 1 aliphatic rings. The van der Waals surface area contributed by atoms with Crippen LogP contribution in [0.4, 0.5) is 18.9 Å². The maximum absolute atomic E-state index is 14.3. The lowest BCUT2D eigenvalue weighted by Crippen LogP contribution is -2.44. The van der Waals surface area contributed by atoms with Gasteiger partial charge in [0.1, 0.15) is 0 Å². The Morgan fingerprint density at radius 2 is 1.72 bits per heavy atom. The van der Waals surface area contributed by atoms with Crippen molar-refractivity contribution in [2.24, 2.45) is 5.73 Å². The average molecular weight is 520 g/mol. The third-order valence-corrected chi connectivity index (χ3v) is 6.99. The SMILES string of the molecule is CCN(CC)CCN1C(=O)[C@@](O)(c2cc3ccccc3cc2Cl)c2c1cc(C(N)=O)cc2C(F)(F)F. The number of likely N-dealkylation sites (N-methyl/N-ethyl adjacent to an activating group) is 1. The molecule has 0 unspecified atom stereocenters. The number of fused-ring (bicyclic) bond motifs is 2. The number of aliphatic hydroxyl groups is 1. The molecule has 0 fully saturated rings. The summed E-state index contributed by atoms with van der Waals surface area (Å²) >= 11 is 6.48. The highest BCUT2D eigenvalue weighted by Crippen LogP contribution is 2.52. The van der Waals surface area contributed by atoms with Crippen LogP contribution in [0.3, 0.4) is 0 Å². The summed E-state index contributed by atoms with van der Waals surface area (Å²) in [7, 11) is 0.